The number of hydrogen-bond acceptors (Lipinski definition) is 4. The molecular formula is C20H24N2O3S. The van der Waals surface area contributed by atoms with Gasteiger partial charge < -0.3 is 10.6 Å². The van der Waals surface area contributed by atoms with E-state index in [1.807, 2.05) is 0 Å². The van der Waals surface area contributed by atoms with Crippen LogP contribution in [0.2, 0.25) is 0 Å². The standard InChI is InChI=1S/C20H24N2O3S/c1-15-11-12-21-13-19(15)22-20(23)18-10-6-5-7-16(18)14-26(24,25)17-8-3-2-4-9-17/h2-10,15,19,21H,11-14H2,1H3,(H,22,23). The smallest absolute Gasteiger partial charge is 0.251 e. The maximum absolute atomic E-state index is 12.8. The quantitative estimate of drug-likeness (QED) is 0.845. The number of hydrogen-bond donors (Lipinski definition) is 2. The van der Waals surface area contributed by atoms with E-state index in [0.29, 0.717) is 17.0 Å². The molecule has 5 nitrogen and oxygen atoms in total. The van der Waals surface area contributed by atoms with Crippen molar-refractivity contribution in [3.05, 3.63) is 65.7 Å². The Labute approximate surface area is 154 Å². The molecule has 1 saturated heterocycles. The zero-order chi connectivity index (χ0) is 18.6. The lowest BCUT2D eigenvalue weighted by Gasteiger charge is -2.30. The number of carbonyl (C=O) groups excluding carboxylic acids is 1. The predicted molar refractivity (Wildman–Crippen MR) is 102 cm³/mol. The molecular weight excluding hydrogens is 348 g/mol. The number of piperidine rings is 1. The molecule has 0 spiro atoms. The van der Waals surface area contributed by atoms with E-state index >= 15 is 0 Å². The Morgan fingerprint density at radius 3 is 2.54 bits per heavy atom. The summed E-state index contributed by atoms with van der Waals surface area (Å²) < 4.78 is 25.4. The third-order valence-electron chi connectivity index (χ3n) is 4.85. The predicted octanol–water partition coefficient (Wildman–Crippen LogP) is 2.39. The Morgan fingerprint density at radius 1 is 1.12 bits per heavy atom. The van der Waals surface area contributed by atoms with E-state index in [1.54, 1.807) is 54.6 Å². The first-order valence-electron chi connectivity index (χ1n) is 8.84. The van der Waals surface area contributed by atoms with Gasteiger partial charge in [-0.2, -0.15) is 0 Å². The van der Waals surface area contributed by atoms with E-state index in [1.165, 1.54) is 0 Å². The summed E-state index contributed by atoms with van der Waals surface area (Å²) in [6, 6.07) is 15.3. The van der Waals surface area contributed by atoms with Crippen LogP contribution in [0, 0.1) is 5.92 Å². The Morgan fingerprint density at radius 2 is 1.81 bits per heavy atom. The number of benzene rings is 2. The van der Waals surface area contributed by atoms with E-state index in [2.05, 4.69) is 17.6 Å². The molecule has 0 aromatic heterocycles. The Balaban J connectivity index is 1.81. The molecule has 2 aromatic carbocycles. The summed E-state index contributed by atoms with van der Waals surface area (Å²) in [5.41, 5.74) is 0.940. The van der Waals surface area contributed by atoms with Gasteiger partial charge in [0.05, 0.1) is 10.6 Å². The Hall–Kier alpha value is -2.18. The van der Waals surface area contributed by atoms with Gasteiger partial charge in [-0.05, 0) is 42.6 Å². The Kier molecular flexibility index (Phi) is 5.74. The highest BCUT2D eigenvalue weighted by molar-refractivity contribution is 7.90. The van der Waals surface area contributed by atoms with E-state index in [-0.39, 0.29) is 22.6 Å². The fraction of sp³-hybridized carbons (Fsp3) is 0.350. The summed E-state index contributed by atoms with van der Waals surface area (Å²) in [5.74, 6) is -0.0242. The number of amides is 1. The lowest BCUT2D eigenvalue weighted by molar-refractivity contribution is 0.0914. The molecule has 1 aliphatic heterocycles. The molecule has 1 heterocycles. The van der Waals surface area contributed by atoms with Gasteiger partial charge in [0, 0.05) is 18.2 Å². The third kappa shape index (κ3) is 4.31. The van der Waals surface area contributed by atoms with Crippen molar-refractivity contribution in [1.29, 1.82) is 0 Å². The van der Waals surface area contributed by atoms with Crippen molar-refractivity contribution in [2.75, 3.05) is 13.1 Å². The number of rotatable bonds is 5. The topological polar surface area (TPSA) is 75.3 Å². The number of nitrogens with one attached hydrogen (secondary N) is 2. The van der Waals surface area contributed by atoms with Crippen molar-refractivity contribution >= 4 is 15.7 Å². The molecule has 26 heavy (non-hydrogen) atoms. The monoisotopic (exact) mass is 372 g/mol. The van der Waals surface area contributed by atoms with Gasteiger partial charge >= 0.3 is 0 Å². The molecule has 138 valence electrons. The summed E-state index contributed by atoms with van der Waals surface area (Å²) >= 11 is 0. The lowest BCUT2D eigenvalue weighted by Crippen LogP contribution is -2.50. The fourth-order valence-corrected chi connectivity index (χ4v) is 4.61. The maximum atomic E-state index is 12.8. The highest BCUT2D eigenvalue weighted by Gasteiger charge is 2.25. The zero-order valence-electron chi connectivity index (χ0n) is 14.8. The largest absolute Gasteiger partial charge is 0.348 e. The summed E-state index contributed by atoms with van der Waals surface area (Å²) in [6.07, 6.45) is 1.01. The van der Waals surface area contributed by atoms with Gasteiger partial charge in [0.1, 0.15) is 0 Å². The first kappa shape index (κ1) is 18.6. The highest BCUT2D eigenvalue weighted by Crippen LogP contribution is 2.20. The van der Waals surface area contributed by atoms with E-state index < -0.39 is 9.84 Å². The zero-order valence-corrected chi connectivity index (χ0v) is 15.6. The van der Waals surface area contributed by atoms with Crippen LogP contribution in [0.3, 0.4) is 0 Å². The van der Waals surface area contributed by atoms with Crippen LogP contribution >= 0.6 is 0 Å². The molecule has 1 amide bonds. The molecule has 2 unspecified atom stereocenters. The van der Waals surface area contributed by atoms with Crippen LogP contribution in [0.25, 0.3) is 0 Å². The van der Waals surface area contributed by atoms with Crippen LogP contribution < -0.4 is 10.6 Å². The molecule has 0 aliphatic carbocycles. The van der Waals surface area contributed by atoms with Crippen molar-refractivity contribution in [3.8, 4) is 0 Å². The van der Waals surface area contributed by atoms with Crippen LogP contribution in [0.1, 0.15) is 29.3 Å². The normalized spacial score (nSPS) is 20.5. The molecule has 0 radical (unpaired) electrons. The molecule has 0 bridgehead atoms. The van der Waals surface area contributed by atoms with Crippen LogP contribution in [0.5, 0.6) is 0 Å². The molecule has 3 rings (SSSR count). The first-order valence-corrected chi connectivity index (χ1v) is 10.5. The highest BCUT2D eigenvalue weighted by atomic mass is 32.2. The minimum Gasteiger partial charge on any atom is -0.348 e. The Bertz CT molecular complexity index is 866. The van der Waals surface area contributed by atoms with Gasteiger partial charge in [-0.25, -0.2) is 8.42 Å². The minimum atomic E-state index is -3.51. The van der Waals surface area contributed by atoms with E-state index in [9.17, 15) is 13.2 Å². The average molecular weight is 372 g/mol. The first-order chi connectivity index (χ1) is 12.5. The number of carbonyl (C=O) groups is 1. The molecule has 6 heteroatoms. The molecule has 1 aliphatic rings. The van der Waals surface area contributed by atoms with Crippen LogP contribution in [0.15, 0.2) is 59.5 Å². The van der Waals surface area contributed by atoms with Crippen molar-refractivity contribution in [2.24, 2.45) is 5.92 Å². The minimum absolute atomic E-state index is 0.0510. The van der Waals surface area contributed by atoms with Crippen molar-refractivity contribution in [3.63, 3.8) is 0 Å². The van der Waals surface area contributed by atoms with Gasteiger partial charge in [-0.1, -0.05) is 43.3 Å². The molecule has 2 N–H and O–H groups in total. The summed E-state index contributed by atoms with van der Waals surface area (Å²) in [4.78, 5) is 13.0. The van der Waals surface area contributed by atoms with Gasteiger partial charge in [-0.3, -0.25) is 4.79 Å². The average Bonchev–Trinajstić information content (AvgIpc) is 2.64. The lowest BCUT2D eigenvalue weighted by atomic mass is 9.94. The third-order valence-corrected chi connectivity index (χ3v) is 6.54. The van der Waals surface area contributed by atoms with Crippen LogP contribution in [0.4, 0.5) is 0 Å². The van der Waals surface area contributed by atoms with Gasteiger partial charge in [-0.15, -0.1) is 0 Å². The van der Waals surface area contributed by atoms with Crippen molar-refractivity contribution in [1.82, 2.24) is 10.6 Å². The molecule has 1 fully saturated rings. The summed E-state index contributed by atoms with van der Waals surface area (Å²) in [5, 5.41) is 6.34. The molecule has 2 aromatic rings. The second-order valence-corrected chi connectivity index (χ2v) is 8.77. The van der Waals surface area contributed by atoms with E-state index in [0.717, 1.165) is 19.5 Å². The second kappa shape index (κ2) is 8.01. The molecule has 0 saturated carbocycles. The van der Waals surface area contributed by atoms with E-state index in [4.69, 9.17) is 0 Å². The van der Waals surface area contributed by atoms with Gasteiger partial charge in [0.2, 0.25) is 0 Å². The summed E-state index contributed by atoms with van der Waals surface area (Å²) in [6.45, 7) is 3.81. The fourth-order valence-electron chi connectivity index (χ4n) is 3.21. The van der Waals surface area contributed by atoms with Crippen molar-refractivity contribution in [2.45, 2.75) is 30.0 Å². The van der Waals surface area contributed by atoms with Gasteiger partial charge in [0.15, 0.2) is 9.84 Å². The SMILES string of the molecule is CC1CCNCC1NC(=O)c1ccccc1CS(=O)(=O)c1ccccc1. The van der Waals surface area contributed by atoms with Crippen LogP contribution in [-0.2, 0) is 15.6 Å². The van der Waals surface area contributed by atoms with Crippen molar-refractivity contribution < 1.29 is 13.2 Å². The van der Waals surface area contributed by atoms with Gasteiger partial charge in [0.25, 0.3) is 5.91 Å². The second-order valence-electron chi connectivity index (χ2n) is 6.78. The maximum Gasteiger partial charge on any atom is 0.251 e. The van der Waals surface area contributed by atoms with Crippen LogP contribution in [-0.4, -0.2) is 33.5 Å². The molecule has 2 atom stereocenters. The summed E-state index contributed by atoms with van der Waals surface area (Å²) in [7, 11) is -3.51. The number of sulfone groups is 1.